The minimum Gasteiger partial charge on any atom is -0.451 e. The van der Waals surface area contributed by atoms with Gasteiger partial charge in [0.1, 0.15) is 29.1 Å². The molecule has 0 aliphatic rings. The Morgan fingerprint density at radius 2 is 1.30 bits per heavy atom. The minimum absolute atomic E-state index is 0.0933. The largest absolute Gasteiger partial charge is 0.451 e. The van der Waals surface area contributed by atoms with Crippen molar-refractivity contribution >= 4 is 33.7 Å². The lowest BCUT2D eigenvalue weighted by atomic mass is 10.1. The van der Waals surface area contributed by atoms with Crippen molar-refractivity contribution in [2.75, 3.05) is 0 Å². The third-order valence-electron chi connectivity index (χ3n) is 7.40. The molecule has 0 atom stereocenters. The summed E-state index contributed by atoms with van der Waals surface area (Å²) < 4.78 is 36.3. The number of benzene rings is 4. The van der Waals surface area contributed by atoms with Gasteiger partial charge in [0, 0.05) is 34.3 Å². The smallest absolute Gasteiger partial charge is 0.198 e. The van der Waals surface area contributed by atoms with Crippen LogP contribution in [0.3, 0.4) is 0 Å². The highest BCUT2D eigenvalue weighted by Crippen LogP contribution is 2.34. The number of amidine groups is 2. The molecule has 240 valence electrons. The molecule has 0 amide bonds. The first-order valence-electron chi connectivity index (χ1n) is 15.1. The van der Waals surface area contributed by atoms with Crippen LogP contribution in [0.2, 0.25) is 0 Å². The first kappa shape index (κ1) is 31.4. The van der Waals surface area contributed by atoms with Gasteiger partial charge in [-0.1, -0.05) is 0 Å². The van der Waals surface area contributed by atoms with Gasteiger partial charge in [-0.3, -0.25) is 10.8 Å². The molecule has 0 saturated heterocycles. The minimum atomic E-state index is -0.927. The highest BCUT2D eigenvalue weighted by molar-refractivity contribution is 6.00. The van der Waals surface area contributed by atoms with E-state index in [-0.39, 0.29) is 41.7 Å². The molecule has 0 fully saturated rings. The van der Waals surface area contributed by atoms with E-state index in [1.807, 2.05) is 45.9 Å². The van der Waals surface area contributed by atoms with Crippen molar-refractivity contribution < 1.29 is 18.6 Å². The number of halogens is 2. The van der Waals surface area contributed by atoms with Crippen LogP contribution >= 0.6 is 0 Å². The predicted molar refractivity (Wildman–Crippen MR) is 179 cm³/mol. The summed E-state index contributed by atoms with van der Waals surface area (Å²) in [6.07, 6.45) is 0. The van der Waals surface area contributed by atoms with Gasteiger partial charge >= 0.3 is 0 Å². The molecule has 2 heterocycles. The molecule has 0 saturated carbocycles. The van der Waals surface area contributed by atoms with Crippen LogP contribution in [-0.4, -0.2) is 48.8 Å². The summed E-state index contributed by atoms with van der Waals surface area (Å²) in [6, 6.07) is 17.9. The van der Waals surface area contributed by atoms with E-state index in [9.17, 15) is 5.11 Å². The van der Waals surface area contributed by atoms with E-state index in [0.29, 0.717) is 56.0 Å². The number of ether oxygens (including phenoxy) is 1. The molecule has 6 rings (SSSR count). The molecule has 47 heavy (non-hydrogen) atoms. The van der Waals surface area contributed by atoms with Crippen molar-refractivity contribution in [1.82, 2.24) is 30.6 Å². The SMILES string of the molecule is CC(C)NC(=N)c1ccc2nc(-c3cc(F)c(Oc4ccc(-c5nc6ccc(C(=N)NC(C)C)cc6[nH]5)c(CO)c4)c(F)c3)[nH]c2c1. The number of nitrogens with one attached hydrogen (secondary N) is 6. The van der Waals surface area contributed by atoms with Gasteiger partial charge in [0.15, 0.2) is 17.4 Å². The fraction of sp³-hybridized carbons (Fsp3) is 0.200. The van der Waals surface area contributed by atoms with Crippen LogP contribution < -0.4 is 15.4 Å². The standard InChI is InChI=1S/C35H34F2N8O2/c1-17(2)40-32(38)19-5-9-27-29(14-19)44-34(42-27)21-12-25(36)31(26(37)13-21)47-23-7-8-24(22(11-23)16-46)35-43-28-10-6-20(15-30(28)45-35)33(39)41-18(3)4/h5-15,17-18,46H,16H2,1-4H3,(H2,38,40)(H2,39,41)(H,42,44)(H,43,45). The monoisotopic (exact) mass is 636 g/mol. The molecule has 2 aromatic heterocycles. The van der Waals surface area contributed by atoms with E-state index in [2.05, 4.69) is 30.6 Å². The number of aromatic nitrogens is 4. The zero-order chi connectivity index (χ0) is 33.4. The number of aliphatic hydroxyl groups excluding tert-OH is 1. The number of H-pyrrole nitrogens is 2. The van der Waals surface area contributed by atoms with Crippen molar-refractivity contribution in [1.29, 1.82) is 10.8 Å². The zero-order valence-corrected chi connectivity index (χ0v) is 26.2. The lowest BCUT2D eigenvalue weighted by molar-refractivity contribution is 0.281. The van der Waals surface area contributed by atoms with Crippen molar-refractivity contribution in [3.05, 3.63) is 95.1 Å². The van der Waals surface area contributed by atoms with Crippen LogP contribution in [0.5, 0.6) is 11.5 Å². The van der Waals surface area contributed by atoms with Crippen molar-refractivity contribution in [2.45, 2.75) is 46.4 Å². The normalized spacial score (nSPS) is 11.5. The Kier molecular flexibility index (Phi) is 8.44. The molecule has 0 radical (unpaired) electrons. The molecule has 4 aromatic carbocycles. The molecule has 6 aromatic rings. The molecule has 7 N–H and O–H groups in total. The maximum atomic E-state index is 15.3. The summed E-state index contributed by atoms with van der Waals surface area (Å²) in [5.74, 6) is -1.00. The van der Waals surface area contributed by atoms with Gasteiger partial charge in [0.2, 0.25) is 0 Å². The molecule has 12 heteroatoms. The zero-order valence-electron chi connectivity index (χ0n) is 26.2. The number of aliphatic hydroxyl groups is 1. The highest BCUT2D eigenvalue weighted by Gasteiger charge is 2.19. The molecular weight excluding hydrogens is 602 g/mol. The lowest BCUT2D eigenvalue weighted by Gasteiger charge is -2.12. The van der Waals surface area contributed by atoms with Gasteiger partial charge in [0.25, 0.3) is 0 Å². The van der Waals surface area contributed by atoms with Crippen molar-refractivity contribution in [2.24, 2.45) is 0 Å². The third-order valence-corrected chi connectivity index (χ3v) is 7.40. The van der Waals surface area contributed by atoms with Crippen LogP contribution in [0.15, 0.2) is 66.7 Å². The molecule has 10 nitrogen and oxygen atoms in total. The van der Waals surface area contributed by atoms with Gasteiger partial charge in [0.05, 0.1) is 28.7 Å². The Labute approximate surface area is 269 Å². The fourth-order valence-corrected chi connectivity index (χ4v) is 5.25. The Morgan fingerprint density at radius 1 is 0.766 bits per heavy atom. The van der Waals surface area contributed by atoms with Crippen molar-refractivity contribution in [3.8, 4) is 34.3 Å². The van der Waals surface area contributed by atoms with E-state index < -0.39 is 17.4 Å². The van der Waals surface area contributed by atoms with E-state index in [4.69, 9.17) is 15.6 Å². The Morgan fingerprint density at radius 3 is 1.83 bits per heavy atom. The number of hydrogen-bond donors (Lipinski definition) is 7. The van der Waals surface area contributed by atoms with Gasteiger partial charge < -0.3 is 30.4 Å². The first-order valence-corrected chi connectivity index (χ1v) is 15.1. The fourth-order valence-electron chi connectivity index (χ4n) is 5.25. The summed E-state index contributed by atoms with van der Waals surface area (Å²) in [7, 11) is 0. The van der Waals surface area contributed by atoms with Crippen LogP contribution in [0, 0.1) is 22.5 Å². The van der Waals surface area contributed by atoms with E-state index in [0.717, 1.165) is 12.1 Å². The second-order valence-corrected chi connectivity index (χ2v) is 11.8. The molecule has 0 spiro atoms. The Bertz CT molecular complexity index is 2130. The van der Waals surface area contributed by atoms with Crippen LogP contribution in [0.25, 0.3) is 44.8 Å². The Balaban J connectivity index is 1.24. The molecule has 0 aliphatic carbocycles. The highest BCUT2D eigenvalue weighted by atomic mass is 19.1. The number of rotatable bonds is 9. The summed E-state index contributed by atoms with van der Waals surface area (Å²) in [5, 5.41) is 32.8. The molecule has 0 aliphatic heterocycles. The van der Waals surface area contributed by atoms with Gasteiger partial charge in [-0.2, -0.15) is 0 Å². The van der Waals surface area contributed by atoms with Crippen LogP contribution in [0.4, 0.5) is 8.78 Å². The lowest BCUT2D eigenvalue weighted by Crippen LogP contribution is -2.30. The topological polar surface area (TPSA) is 159 Å². The van der Waals surface area contributed by atoms with E-state index in [1.54, 1.807) is 30.3 Å². The van der Waals surface area contributed by atoms with Gasteiger partial charge in [-0.25, -0.2) is 18.7 Å². The summed E-state index contributed by atoms with van der Waals surface area (Å²) in [6.45, 7) is 7.43. The number of imidazole rings is 2. The average Bonchev–Trinajstić information content (AvgIpc) is 3.65. The maximum Gasteiger partial charge on any atom is 0.198 e. The summed E-state index contributed by atoms with van der Waals surface area (Å²) in [4.78, 5) is 15.4. The Hall–Kier alpha value is -5.62. The van der Waals surface area contributed by atoms with E-state index in [1.165, 1.54) is 6.07 Å². The van der Waals surface area contributed by atoms with E-state index >= 15 is 8.78 Å². The first-order chi connectivity index (χ1) is 22.5. The number of aromatic amines is 2. The second kappa shape index (κ2) is 12.6. The molecular formula is C35H34F2N8O2. The average molecular weight is 637 g/mol. The predicted octanol–water partition coefficient (Wildman–Crippen LogP) is 6.98. The number of fused-ring (bicyclic) bond motifs is 2. The van der Waals surface area contributed by atoms with Gasteiger partial charge in [-0.05, 0) is 100.0 Å². The quantitative estimate of drug-likeness (QED) is 0.0670. The maximum absolute atomic E-state index is 15.3. The number of hydrogen-bond acceptors (Lipinski definition) is 6. The summed E-state index contributed by atoms with van der Waals surface area (Å²) in [5.41, 5.74) is 5.18. The molecule has 0 bridgehead atoms. The number of nitrogens with zero attached hydrogens (tertiary/aromatic N) is 2. The van der Waals surface area contributed by atoms with Crippen LogP contribution in [-0.2, 0) is 6.61 Å². The van der Waals surface area contributed by atoms with Crippen LogP contribution in [0.1, 0.15) is 44.4 Å². The molecule has 0 unspecified atom stereocenters. The van der Waals surface area contributed by atoms with Gasteiger partial charge in [-0.15, -0.1) is 0 Å². The van der Waals surface area contributed by atoms with Crippen molar-refractivity contribution in [3.63, 3.8) is 0 Å². The summed E-state index contributed by atoms with van der Waals surface area (Å²) >= 11 is 0. The third kappa shape index (κ3) is 6.54. The second-order valence-electron chi connectivity index (χ2n) is 11.8.